The molecule has 0 spiro atoms. The van der Waals surface area contributed by atoms with Gasteiger partial charge in [-0.2, -0.15) is 0 Å². The minimum absolute atomic E-state index is 0.574. The summed E-state index contributed by atoms with van der Waals surface area (Å²) in [5, 5.41) is 3.40. The van der Waals surface area contributed by atoms with Crippen molar-refractivity contribution in [1.29, 1.82) is 0 Å². The van der Waals surface area contributed by atoms with E-state index in [1.165, 1.54) is 31.2 Å². The summed E-state index contributed by atoms with van der Waals surface area (Å²) in [4.78, 5) is 12.0. The second kappa shape index (κ2) is 5.23. The molecule has 0 saturated heterocycles. The zero-order chi connectivity index (χ0) is 14.3. The van der Waals surface area contributed by atoms with Crippen molar-refractivity contribution in [2.24, 2.45) is 5.92 Å². The Morgan fingerprint density at radius 1 is 1.25 bits per heavy atom. The SMILES string of the molecule is CCNc1nc(C2CC2)nc(N(C)C(C)C2CC2)c1C. The maximum atomic E-state index is 4.88. The molecule has 4 nitrogen and oxygen atoms in total. The number of nitrogens with zero attached hydrogens (tertiary/aromatic N) is 3. The molecule has 1 aromatic rings. The Labute approximate surface area is 122 Å². The van der Waals surface area contributed by atoms with Crippen LogP contribution in [0.5, 0.6) is 0 Å². The van der Waals surface area contributed by atoms with Crippen LogP contribution in [0.25, 0.3) is 0 Å². The van der Waals surface area contributed by atoms with Gasteiger partial charge in [0.1, 0.15) is 17.5 Å². The Morgan fingerprint density at radius 3 is 2.50 bits per heavy atom. The van der Waals surface area contributed by atoms with E-state index in [2.05, 4.69) is 38.0 Å². The van der Waals surface area contributed by atoms with Crippen LogP contribution >= 0.6 is 0 Å². The first-order chi connectivity index (χ1) is 9.61. The Kier molecular flexibility index (Phi) is 3.57. The number of hydrogen-bond donors (Lipinski definition) is 1. The largest absolute Gasteiger partial charge is 0.370 e. The third-order valence-electron chi connectivity index (χ3n) is 4.67. The minimum atomic E-state index is 0.574. The molecule has 4 heteroatoms. The quantitative estimate of drug-likeness (QED) is 0.864. The molecule has 2 aliphatic carbocycles. The second-order valence-electron chi connectivity index (χ2n) is 6.37. The highest BCUT2D eigenvalue weighted by atomic mass is 15.2. The van der Waals surface area contributed by atoms with E-state index in [9.17, 15) is 0 Å². The molecule has 1 aromatic heterocycles. The van der Waals surface area contributed by atoms with Crippen LogP contribution in [0, 0.1) is 12.8 Å². The van der Waals surface area contributed by atoms with E-state index in [1.807, 2.05) is 0 Å². The van der Waals surface area contributed by atoms with Gasteiger partial charge in [0.15, 0.2) is 0 Å². The number of hydrogen-bond acceptors (Lipinski definition) is 4. The van der Waals surface area contributed by atoms with Crippen LogP contribution in [-0.2, 0) is 0 Å². The zero-order valence-corrected chi connectivity index (χ0v) is 13.1. The molecule has 1 N–H and O–H groups in total. The summed E-state index contributed by atoms with van der Waals surface area (Å²) in [6, 6.07) is 0.574. The van der Waals surface area contributed by atoms with Crippen molar-refractivity contribution in [2.45, 2.75) is 58.4 Å². The van der Waals surface area contributed by atoms with Crippen LogP contribution in [0.2, 0.25) is 0 Å². The Balaban J connectivity index is 1.94. The van der Waals surface area contributed by atoms with Gasteiger partial charge in [0.05, 0.1) is 0 Å². The lowest BCUT2D eigenvalue weighted by molar-refractivity contribution is 0.600. The molecule has 1 heterocycles. The van der Waals surface area contributed by atoms with E-state index in [0.29, 0.717) is 12.0 Å². The fourth-order valence-electron chi connectivity index (χ4n) is 2.82. The van der Waals surface area contributed by atoms with Gasteiger partial charge in [0.2, 0.25) is 0 Å². The monoisotopic (exact) mass is 274 g/mol. The fourth-order valence-corrected chi connectivity index (χ4v) is 2.82. The van der Waals surface area contributed by atoms with Gasteiger partial charge in [0.25, 0.3) is 0 Å². The summed E-state index contributed by atoms with van der Waals surface area (Å²) in [7, 11) is 2.19. The predicted octanol–water partition coefficient (Wildman–Crippen LogP) is 3.33. The van der Waals surface area contributed by atoms with Gasteiger partial charge >= 0.3 is 0 Å². The van der Waals surface area contributed by atoms with E-state index >= 15 is 0 Å². The van der Waals surface area contributed by atoms with E-state index in [1.54, 1.807) is 0 Å². The molecule has 3 rings (SSSR count). The Bertz CT molecular complexity index is 491. The number of nitrogens with one attached hydrogen (secondary N) is 1. The highest BCUT2D eigenvalue weighted by molar-refractivity contribution is 5.59. The average molecular weight is 274 g/mol. The van der Waals surface area contributed by atoms with Crippen LogP contribution in [0.3, 0.4) is 0 Å². The van der Waals surface area contributed by atoms with Gasteiger partial charge in [-0.1, -0.05) is 0 Å². The molecule has 0 bridgehead atoms. The first kappa shape index (κ1) is 13.7. The molecular weight excluding hydrogens is 248 g/mol. The number of rotatable bonds is 6. The Hall–Kier alpha value is -1.32. The third-order valence-corrected chi connectivity index (χ3v) is 4.67. The van der Waals surface area contributed by atoms with Gasteiger partial charge < -0.3 is 10.2 Å². The summed E-state index contributed by atoms with van der Waals surface area (Å²) in [5.74, 6) is 4.63. The van der Waals surface area contributed by atoms with E-state index < -0.39 is 0 Å². The van der Waals surface area contributed by atoms with Gasteiger partial charge in [-0.25, -0.2) is 9.97 Å². The maximum Gasteiger partial charge on any atom is 0.137 e. The van der Waals surface area contributed by atoms with Crippen molar-refractivity contribution in [3.63, 3.8) is 0 Å². The van der Waals surface area contributed by atoms with E-state index in [0.717, 1.165) is 29.9 Å². The van der Waals surface area contributed by atoms with Crippen molar-refractivity contribution in [3.8, 4) is 0 Å². The van der Waals surface area contributed by atoms with Crippen molar-refractivity contribution >= 4 is 11.6 Å². The molecule has 2 fully saturated rings. The summed E-state index contributed by atoms with van der Waals surface area (Å²) in [6.07, 6.45) is 5.22. The van der Waals surface area contributed by atoms with Crippen molar-refractivity contribution < 1.29 is 0 Å². The van der Waals surface area contributed by atoms with Crippen LogP contribution in [-0.4, -0.2) is 29.6 Å². The molecule has 0 aliphatic heterocycles. The molecule has 0 radical (unpaired) electrons. The van der Waals surface area contributed by atoms with Crippen molar-refractivity contribution in [3.05, 3.63) is 11.4 Å². The summed E-state index contributed by atoms with van der Waals surface area (Å²) < 4.78 is 0. The normalized spacial score (nSPS) is 19.8. The van der Waals surface area contributed by atoms with Gasteiger partial charge in [-0.15, -0.1) is 0 Å². The van der Waals surface area contributed by atoms with Crippen LogP contribution in [0.15, 0.2) is 0 Å². The predicted molar refractivity (Wildman–Crippen MR) is 83.5 cm³/mol. The van der Waals surface area contributed by atoms with Crippen LogP contribution in [0.1, 0.15) is 56.8 Å². The molecule has 1 atom stereocenters. The molecule has 0 aromatic carbocycles. The molecule has 2 saturated carbocycles. The zero-order valence-electron chi connectivity index (χ0n) is 13.1. The number of aromatic nitrogens is 2. The molecular formula is C16H26N4. The Morgan fingerprint density at radius 2 is 1.95 bits per heavy atom. The lowest BCUT2D eigenvalue weighted by Crippen LogP contribution is -2.32. The lowest BCUT2D eigenvalue weighted by Gasteiger charge is -2.28. The topological polar surface area (TPSA) is 41.1 Å². The maximum absolute atomic E-state index is 4.88. The minimum Gasteiger partial charge on any atom is -0.370 e. The lowest BCUT2D eigenvalue weighted by atomic mass is 10.1. The van der Waals surface area contributed by atoms with Gasteiger partial charge in [-0.3, -0.25) is 0 Å². The standard InChI is InChI=1S/C16H26N4/c1-5-17-14-10(2)16(19-15(18-14)13-8-9-13)20(4)11(3)12-6-7-12/h11-13H,5-9H2,1-4H3,(H,17,18,19). The number of anilines is 2. The highest BCUT2D eigenvalue weighted by Crippen LogP contribution is 2.41. The molecule has 0 amide bonds. The molecule has 2 aliphatic rings. The summed E-state index contributed by atoms with van der Waals surface area (Å²) in [6.45, 7) is 7.49. The second-order valence-corrected chi connectivity index (χ2v) is 6.37. The smallest absolute Gasteiger partial charge is 0.137 e. The van der Waals surface area contributed by atoms with Crippen LogP contribution in [0.4, 0.5) is 11.6 Å². The van der Waals surface area contributed by atoms with Gasteiger partial charge in [0, 0.05) is 31.1 Å². The molecule has 20 heavy (non-hydrogen) atoms. The van der Waals surface area contributed by atoms with E-state index in [-0.39, 0.29) is 0 Å². The first-order valence-corrected chi connectivity index (χ1v) is 7.97. The average Bonchev–Trinajstić information content (AvgIpc) is 3.30. The van der Waals surface area contributed by atoms with Crippen molar-refractivity contribution in [1.82, 2.24) is 9.97 Å². The molecule has 1 unspecified atom stereocenters. The fraction of sp³-hybridized carbons (Fsp3) is 0.750. The van der Waals surface area contributed by atoms with E-state index in [4.69, 9.17) is 9.97 Å². The van der Waals surface area contributed by atoms with Crippen LogP contribution < -0.4 is 10.2 Å². The third kappa shape index (κ3) is 2.60. The van der Waals surface area contributed by atoms with Crippen molar-refractivity contribution in [2.75, 3.05) is 23.8 Å². The highest BCUT2D eigenvalue weighted by Gasteiger charge is 2.33. The summed E-state index contributed by atoms with van der Waals surface area (Å²) in [5.41, 5.74) is 1.19. The first-order valence-electron chi connectivity index (χ1n) is 7.97. The summed E-state index contributed by atoms with van der Waals surface area (Å²) >= 11 is 0. The van der Waals surface area contributed by atoms with Gasteiger partial charge in [-0.05, 0) is 52.4 Å². The molecule has 110 valence electrons.